The van der Waals surface area contributed by atoms with Gasteiger partial charge in [-0.1, -0.05) is 48.5 Å². The highest BCUT2D eigenvalue weighted by atomic mass is 16.4. The topological polar surface area (TPSA) is 64.1 Å². The number of hydrogen-bond acceptors (Lipinski definition) is 5. The summed E-state index contributed by atoms with van der Waals surface area (Å²) in [6, 6.07) is 21.8. The fraction of sp³-hybridized carbons (Fsp3) is 0.143. The molecular weight excluding hydrogens is 326 g/mol. The molecule has 0 unspecified atom stereocenters. The summed E-state index contributed by atoms with van der Waals surface area (Å²) < 4.78 is 11.2. The van der Waals surface area contributed by atoms with Gasteiger partial charge < -0.3 is 8.83 Å². The summed E-state index contributed by atoms with van der Waals surface area (Å²) in [5.41, 5.74) is 3.10. The summed E-state index contributed by atoms with van der Waals surface area (Å²) in [6.07, 6.45) is 3.43. The quantitative estimate of drug-likeness (QED) is 0.545. The predicted octanol–water partition coefficient (Wildman–Crippen LogP) is 4.77. The lowest BCUT2D eigenvalue weighted by Crippen LogP contribution is -2.25. The van der Waals surface area contributed by atoms with Gasteiger partial charge in [-0.25, -0.2) is 0 Å². The minimum atomic E-state index is -0.125. The molecule has 0 saturated carbocycles. The molecular formula is C21H19N3O2. The summed E-state index contributed by atoms with van der Waals surface area (Å²) in [7, 11) is 0. The van der Waals surface area contributed by atoms with E-state index in [0.29, 0.717) is 11.8 Å². The minimum Gasteiger partial charge on any atom is -0.472 e. The first-order valence-corrected chi connectivity index (χ1v) is 8.53. The Bertz CT molecular complexity index is 934. The van der Waals surface area contributed by atoms with Gasteiger partial charge in [-0.2, -0.15) is 0 Å². The van der Waals surface area contributed by atoms with E-state index in [9.17, 15) is 0 Å². The Hall–Kier alpha value is -3.18. The molecule has 5 heteroatoms. The van der Waals surface area contributed by atoms with Gasteiger partial charge in [0, 0.05) is 11.1 Å². The molecule has 0 fully saturated rings. The van der Waals surface area contributed by atoms with Crippen LogP contribution in [-0.4, -0.2) is 10.2 Å². The number of hydrogen-bond donors (Lipinski definition) is 1. The second kappa shape index (κ2) is 7.37. The Morgan fingerprint density at radius 2 is 1.58 bits per heavy atom. The van der Waals surface area contributed by atoms with Crippen molar-refractivity contribution < 1.29 is 8.83 Å². The van der Waals surface area contributed by atoms with E-state index in [1.807, 2.05) is 61.5 Å². The largest absolute Gasteiger partial charge is 0.472 e. The van der Waals surface area contributed by atoms with Crippen LogP contribution in [0.1, 0.15) is 36.0 Å². The normalized spacial score (nSPS) is 13.4. The van der Waals surface area contributed by atoms with Crippen LogP contribution in [0.15, 0.2) is 88.1 Å². The SMILES string of the molecule is C[C@@H](N[C@@H](c1ccccc1)c1ccoc1)c1nnc(-c2ccccc2)o1. The Kier molecular flexibility index (Phi) is 4.62. The number of benzene rings is 2. The van der Waals surface area contributed by atoms with E-state index in [0.717, 1.165) is 16.7 Å². The molecule has 0 aliphatic carbocycles. The molecule has 0 aliphatic rings. The first-order chi connectivity index (χ1) is 12.8. The van der Waals surface area contributed by atoms with Crippen molar-refractivity contribution in [2.24, 2.45) is 0 Å². The average molecular weight is 345 g/mol. The molecule has 0 aliphatic heterocycles. The lowest BCUT2D eigenvalue weighted by Gasteiger charge is -2.21. The second-order valence-corrected chi connectivity index (χ2v) is 6.10. The van der Waals surface area contributed by atoms with Crippen molar-refractivity contribution in [3.8, 4) is 11.5 Å². The minimum absolute atomic E-state index is 0.0305. The zero-order chi connectivity index (χ0) is 17.8. The van der Waals surface area contributed by atoms with Gasteiger partial charge in [-0.05, 0) is 30.7 Å². The van der Waals surface area contributed by atoms with Crippen molar-refractivity contribution in [1.29, 1.82) is 0 Å². The predicted molar refractivity (Wildman–Crippen MR) is 98.3 cm³/mol. The molecule has 0 radical (unpaired) electrons. The standard InChI is InChI=1S/C21H19N3O2/c1-15(20-23-24-21(26-20)17-10-6-3-7-11-17)22-19(18-12-13-25-14-18)16-8-4-2-5-9-16/h2-15,19,22H,1H3/t15-,19+/m1/s1. The maximum atomic E-state index is 5.88. The third-order valence-corrected chi connectivity index (χ3v) is 4.26. The lowest BCUT2D eigenvalue weighted by atomic mass is 10.0. The highest BCUT2D eigenvalue weighted by Crippen LogP contribution is 2.27. The van der Waals surface area contributed by atoms with Crippen molar-refractivity contribution in [3.05, 3.63) is 96.3 Å². The molecule has 0 bridgehead atoms. The fourth-order valence-electron chi connectivity index (χ4n) is 2.90. The van der Waals surface area contributed by atoms with E-state index < -0.39 is 0 Å². The van der Waals surface area contributed by atoms with Crippen LogP contribution in [0, 0.1) is 0 Å². The van der Waals surface area contributed by atoms with Crippen LogP contribution in [0.25, 0.3) is 11.5 Å². The van der Waals surface area contributed by atoms with Gasteiger partial charge in [0.05, 0.1) is 24.6 Å². The molecule has 1 N–H and O–H groups in total. The number of furan rings is 1. The van der Waals surface area contributed by atoms with E-state index in [1.165, 1.54) is 0 Å². The van der Waals surface area contributed by atoms with E-state index in [2.05, 4.69) is 27.6 Å². The monoisotopic (exact) mass is 345 g/mol. The molecule has 26 heavy (non-hydrogen) atoms. The molecule has 4 rings (SSSR count). The molecule has 2 aromatic carbocycles. The maximum absolute atomic E-state index is 5.88. The molecule has 2 heterocycles. The van der Waals surface area contributed by atoms with Crippen LogP contribution in [-0.2, 0) is 0 Å². The van der Waals surface area contributed by atoms with Gasteiger partial charge >= 0.3 is 0 Å². The summed E-state index contributed by atoms with van der Waals surface area (Å²) in [6.45, 7) is 2.01. The molecule has 0 amide bonds. The van der Waals surface area contributed by atoms with Crippen LogP contribution >= 0.6 is 0 Å². The third kappa shape index (κ3) is 3.43. The lowest BCUT2D eigenvalue weighted by molar-refractivity contribution is 0.402. The van der Waals surface area contributed by atoms with Gasteiger partial charge in [0.25, 0.3) is 0 Å². The van der Waals surface area contributed by atoms with E-state index >= 15 is 0 Å². The summed E-state index contributed by atoms with van der Waals surface area (Å²) in [4.78, 5) is 0. The molecule has 130 valence electrons. The number of rotatable bonds is 6. The Balaban J connectivity index is 1.57. The molecule has 2 aromatic heterocycles. The Morgan fingerprint density at radius 1 is 0.846 bits per heavy atom. The summed E-state index contributed by atoms with van der Waals surface area (Å²) in [5, 5.41) is 12.0. The number of aromatic nitrogens is 2. The highest BCUT2D eigenvalue weighted by molar-refractivity contribution is 5.51. The van der Waals surface area contributed by atoms with Crippen LogP contribution in [0.5, 0.6) is 0 Å². The Morgan fingerprint density at radius 3 is 2.27 bits per heavy atom. The van der Waals surface area contributed by atoms with Gasteiger partial charge in [-0.3, -0.25) is 5.32 Å². The molecule has 5 nitrogen and oxygen atoms in total. The van der Waals surface area contributed by atoms with Crippen LogP contribution < -0.4 is 5.32 Å². The maximum Gasteiger partial charge on any atom is 0.247 e. The number of nitrogens with zero attached hydrogens (tertiary/aromatic N) is 2. The first kappa shape index (κ1) is 16.3. The van der Waals surface area contributed by atoms with Gasteiger partial charge in [0.1, 0.15) is 0 Å². The first-order valence-electron chi connectivity index (χ1n) is 8.53. The van der Waals surface area contributed by atoms with E-state index in [4.69, 9.17) is 8.83 Å². The Labute approximate surface area is 151 Å². The molecule has 4 aromatic rings. The molecule has 0 spiro atoms. The van der Waals surface area contributed by atoms with Gasteiger partial charge in [0.2, 0.25) is 11.8 Å². The number of nitrogens with one attached hydrogen (secondary N) is 1. The van der Waals surface area contributed by atoms with Crippen molar-refractivity contribution in [3.63, 3.8) is 0 Å². The zero-order valence-corrected chi connectivity index (χ0v) is 14.4. The van der Waals surface area contributed by atoms with Crippen molar-refractivity contribution in [1.82, 2.24) is 15.5 Å². The van der Waals surface area contributed by atoms with E-state index in [-0.39, 0.29) is 12.1 Å². The van der Waals surface area contributed by atoms with Crippen LogP contribution in [0.4, 0.5) is 0 Å². The van der Waals surface area contributed by atoms with Crippen molar-refractivity contribution in [2.45, 2.75) is 19.0 Å². The third-order valence-electron chi connectivity index (χ3n) is 4.26. The second-order valence-electron chi connectivity index (χ2n) is 6.10. The fourth-order valence-corrected chi connectivity index (χ4v) is 2.90. The van der Waals surface area contributed by atoms with Crippen LogP contribution in [0.2, 0.25) is 0 Å². The summed E-state index contributed by atoms with van der Waals surface area (Å²) in [5.74, 6) is 1.07. The molecule has 0 saturated heterocycles. The van der Waals surface area contributed by atoms with Crippen molar-refractivity contribution in [2.75, 3.05) is 0 Å². The highest BCUT2D eigenvalue weighted by Gasteiger charge is 2.22. The van der Waals surface area contributed by atoms with Crippen molar-refractivity contribution >= 4 is 0 Å². The average Bonchev–Trinajstić information content (AvgIpc) is 3.39. The van der Waals surface area contributed by atoms with E-state index in [1.54, 1.807) is 12.5 Å². The van der Waals surface area contributed by atoms with Gasteiger partial charge in [0.15, 0.2) is 0 Å². The van der Waals surface area contributed by atoms with Gasteiger partial charge in [-0.15, -0.1) is 10.2 Å². The molecule has 2 atom stereocenters. The summed E-state index contributed by atoms with van der Waals surface area (Å²) >= 11 is 0. The zero-order valence-electron chi connectivity index (χ0n) is 14.4. The smallest absolute Gasteiger partial charge is 0.247 e. The van der Waals surface area contributed by atoms with Crippen LogP contribution in [0.3, 0.4) is 0 Å².